The van der Waals surface area contributed by atoms with Crippen LogP contribution in [0.2, 0.25) is 0 Å². The second kappa shape index (κ2) is 5.05. The van der Waals surface area contributed by atoms with Crippen LogP contribution in [0.15, 0.2) is 6.07 Å². The third-order valence-electron chi connectivity index (χ3n) is 2.25. The zero-order valence-corrected chi connectivity index (χ0v) is 9.25. The van der Waals surface area contributed by atoms with Crippen molar-refractivity contribution in [1.82, 2.24) is 9.97 Å². The maximum atomic E-state index is 5.57. The molecule has 3 heteroatoms. The lowest BCUT2D eigenvalue weighted by molar-refractivity contribution is 0.570. The van der Waals surface area contributed by atoms with Gasteiger partial charge in [-0.2, -0.15) is 0 Å². The minimum absolute atomic E-state index is 0.460. The van der Waals surface area contributed by atoms with E-state index in [1.54, 1.807) is 0 Å². The van der Waals surface area contributed by atoms with Gasteiger partial charge in [0.25, 0.3) is 0 Å². The summed E-state index contributed by atoms with van der Waals surface area (Å²) in [5, 5.41) is 0. The number of hydrogen-bond acceptors (Lipinski definition) is 3. The van der Waals surface area contributed by atoms with E-state index in [2.05, 4.69) is 23.8 Å². The normalized spacial score (nSPS) is 12.9. The Kier molecular flexibility index (Phi) is 4.01. The molecule has 0 aromatic carbocycles. The highest BCUT2D eigenvalue weighted by molar-refractivity contribution is 5.10. The van der Waals surface area contributed by atoms with Gasteiger partial charge >= 0.3 is 0 Å². The minimum Gasteiger partial charge on any atom is -0.330 e. The Morgan fingerprint density at radius 3 is 2.71 bits per heavy atom. The van der Waals surface area contributed by atoms with Gasteiger partial charge in [0.2, 0.25) is 0 Å². The molecule has 1 rings (SSSR count). The first-order chi connectivity index (χ1) is 6.65. The van der Waals surface area contributed by atoms with E-state index in [1.165, 1.54) is 0 Å². The van der Waals surface area contributed by atoms with E-state index in [9.17, 15) is 0 Å². The number of hydrogen-bond donors (Lipinski definition) is 1. The van der Waals surface area contributed by atoms with Crippen LogP contribution >= 0.6 is 0 Å². The molecule has 0 aliphatic heterocycles. The molecule has 14 heavy (non-hydrogen) atoms. The highest BCUT2D eigenvalue weighted by Crippen LogP contribution is 2.06. The van der Waals surface area contributed by atoms with E-state index in [0.717, 1.165) is 30.1 Å². The highest BCUT2D eigenvalue weighted by atomic mass is 14.9. The summed E-state index contributed by atoms with van der Waals surface area (Å²) < 4.78 is 0. The lowest BCUT2D eigenvalue weighted by atomic mass is 10.1. The smallest absolute Gasteiger partial charge is 0.129 e. The zero-order valence-electron chi connectivity index (χ0n) is 9.25. The topological polar surface area (TPSA) is 51.8 Å². The molecule has 1 aromatic heterocycles. The van der Waals surface area contributed by atoms with Gasteiger partial charge in [0, 0.05) is 17.8 Å². The summed E-state index contributed by atoms with van der Waals surface area (Å²) >= 11 is 0. The fourth-order valence-electron chi connectivity index (χ4n) is 1.37. The molecule has 0 aliphatic carbocycles. The molecule has 1 unspecified atom stereocenters. The highest BCUT2D eigenvalue weighted by Gasteiger charge is 2.05. The van der Waals surface area contributed by atoms with Crippen molar-refractivity contribution in [1.29, 1.82) is 0 Å². The second-order valence-corrected chi connectivity index (χ2v) is 3.82. The van der Waals surface area contributed by atoms with Gasteiger partial charge in [-0.3, -0.25) is 0 Å². The summed E-state index contributed by atoms with van der Waals surface area (Å²) in [6.45, 7) is 6.94. The molecule has 78 valence electrons. The summed E-state index contributed by atoms with van der Waals surface area (Å²) in [5.74, 6) is 1.39. The van der Waals surface area contributed by atoms with Crippen LogP contribution < -0.4 is 5.73 Å². The first kappa shape index (κ1) is 11.1. The molecule has 0 amide bonds. The van der Waals surface area contributed by atoms with Crippen molar-refractivity contribution in [3.05, 3.63) is 23.3 Å². The van der Waals surface area contributed by atoms with Crippen LogP contribution in [0.5, 0.6) is 0 Å². The predicted octanol–water partition coefficient (Wildman–Crippen LogP) is 1.48. The minimum atomic E-state index is 0.460. The lowest BCUT2D eigenvalue weighted by Gasteiger charge is -2.08. The molecule has 0 saturated carbocycles. The number of rotatable bonds is 4. The molecule has 1 heterocycles. The number of aromatic nitrogens is 2. The van der Waals surface area contributed by atoms with Crippen LogP contribution in [0.1, 0.15) is 31.1 Å². The van der Waals surface area contributed by atoms with Crippen LogP contribution in [0.25, 0.3) is 0 Å². The van der Waals surface area contributed by atoms with Gasteiger partial charge in [0.15, 0.2) is 0 Å². The van der Waals surface area contributed by atoms with Gasteiger partial charge < -0.3 is 5.73 Å². The Balaban J connectivity index is 2.81. The van der Waals surface area contributed by atoms with Gasteiger partial charge in [-0.15, -0.1) is 0 Å². The van der Waals surface area contributed by atoms with Crippen molar-refractivity contribution < 1.29 is 0 Å². The van der Waals surface area contributed by atoms with Crippen molar-refractivity contribution >= 4 is 0 Å². The Hall–Kier alpha value is -0.960. The Labute approximate surface area is 85.8 Å². The quantitative estimate of drug-likeness (QED) is 0.788. The van der Waals surface area contributed by atoms with Crippen molar-refractivity contribution in [3.63, 3.8) is 0 Å². The molecule has 0 bridgehead atoms. The van der Waals surface area contributed by atoms with Gasteiger partial charge in [-0.05, 0) is 31.9 Å². The van der Waals surface area contributed by atoms with Crippen molar-refractivity contribution in [2.24, 2.45) is 11.7 Å². The van der Waals surface area contributed by atoms with Crippen LogP contribution in [0.4, 0.5) is 0 Å². The van der Waals surface area contributed by atoms with Gasteiger partial charge in [-0.1, -0.05) is 13.8 Å². The molecular formula is C11H19N3. The lowest BCUT2D eigenvalue weighted by Crippen LogP contribution is -2.15. The number of nitrogens with zero attached hydrogens (tertiary/aromatic N) is 2. The summed E-state index contributed by atoms with van der Waals surface area (Å²) in [6, 6.07) is 2.04. The molecule has 3 nitrogen and oxygen atoms in total. The molecule has 1 aromatic rings. The van der Waals surface area contributed by atoms with Crippen LogP contribution in [-0.4, -0.2) is 16.5 Å². The summed E-state index contributed by atoms with van der Waals surface area (Å²) in [6.07, 6.45) is 1.85. The van der Waals surface area contributed by atoms with E-state index in [0.29, 0.717) is 12.5 Å². The summed E-state index contributed by atoms with van der Waals surface area (Å²) in [5.41, 5.74) is 7.75. The van der Waals surface area contributed by atoms with Crippen LogP contribution in [0, 0.1) is 12.8 Å². The Morgan fingerprint density at radius 1 is 1.43 bits per heavy atom. The number of nitrogens with two attached hydrogens (primary N) is 1. The number of aryl methyl sites for hydroxylation is 2. The Morgan fingerprint density at radius 2 is 2.14 bits per heavy atom. The third-order valence-corrected chi connectivity index (χ3v) is 2.25. The Bertz CT molecular complexity index is 297. The largest absolute Gasteiger partial charge is 0.330 e. The average molecular weight is 193 g/mol. The fourth-order valence-corrected chi connectivity index (χ4v) is 1.37. The van der Waals surface area contributed by atoms with Crippen molar-refractivity contribution in [3.8, 4) is 0 Å². The SMILES string of the molecule is CCc1cc(C)nc(CC(C)CN)n1. The molecule has 0 spiro atoms. The monoisotopic (exact) mass is 193 g/mol. The molecule has 0 aliphatic rings. The van der Waals surface area contributed by atoms with Gasteiger partial charge in [0.05, 0.1) is 0 Å². The van der Waals surface area contributed by atoms with E-state index < -0.39 is 0 Å². The van der Waals surface area contributed by atoms with Crippen molar-refractivity contribution in [2.75, 3.05) is 6.54 Å². The maximum absolute atomic E-state index is 5.57. The molecule has 1 atom stereocenters. The van der Waals surface area contributed by atoms with Crippen LogP contribution in [0.3, 0.4) is 0 Å². The summed E-state index contributed by atoms with van der Waals surface area (Å²) in [7, 11) is 0. The fraction of sp³-hybridized carbons (Fsp3) is 0.636. The third kappa shape index (κ3) is 3.07. The zero-order chi connectivity index (χ0) is 10.6. The van der Waals surface area contributed by atoms with Gasteiger partial charge in [-0.25, -0.2) is 9.97 Å². The predicted molar refractivity (Wildman–Crippen MR) is 58.1 cm³/mol. The molecule has 0 radical (unpaired) electrons. The van der Waals surface area contributed by atoms with E-state index >= 15 is 0 Å². The molecule has 2 N–H and O–H groups in total. The first-order valence-electron chi connectivity index (χ1n) is 5.19. The van der Waals surface area contributed by atoms with Crippen molar-refractivity contribution in [2.45, 2.75) is 33.6 Å². The van der Waals surface area contributed by atoms with E-state index in [-0.39, 0.29) is 0 Å². The van der Waals surface area contributed by atoms with E-state index in [4.69, 9.17) is 5.73 Å². The van der Waals surface area contributed by atoms with Gasteiger partial charge in [0.1, 0.15) is 5.82 Å². The van der Waals surface area contributed by atoms with E-state index in [1.807, 2.05) is 13.0 Å². The second-order valence-electron chi connectivity index (χ2n) is 3.82. The average Bonchev–Trinajstić information content (AvgIpc) is 2.16. The molecule has 0 fully saturated rings. The molecular weight excluding hydrogens is 174 g/mol. The maximum Gasteiger partial charge on any atom is 0.129 e. The first-order valence-corrected chi connectivity index (χ1v) is 5.19. The summed E-state index contributed by atoms with van der Waals surface area (Å²) in [4.78, 5) is 8.88. The molecule has 0 saturated heterocycles. The van der Waals surface area contributed by atoms with Crippen LogP contribution in [-0.2, 0) is 12.8 Å². The standard InChI is InChI=1S/C11H19N3/c1-4-10-6-9(3)13-11(14-10)5-8(2)7-12/h6,8H,4-5,7,12H2,1-3H3.